The first-order valence-electron chi connectivity index (χ1n) is 8.11. The fourth-order valence-electron chi connectivity index (χ4n) is 2.95. The van der Waals surface area contributed by atoms with Gasteiger partial charge in [0, 0.05) is 20.1 Å². The van der Waals surface area contributed by atoms with Crippen molar-refractivity contribution in [2.75, 3.05) is 20.6 Å². The fourth-order valence-corrected chi connectivity index (χ4v) is 4.07. The second-order valence-electron chi connectivity index (χ2n) is 6.37. The second-order valence-corrected chi connectivity index (χ2v) is 8.42. The maximum absolute atomic E-state index is 12.5. The summed E-state index contributed by atoms with van der Waals surface area (Å²) in [5, 5.41) is 0. The molecule has 0 spiro atoms. The number of benzene rings is 1. The lowest BCUT2D eigenvalue weighted by Gasteiger charge is -2.32. The summed E-state index contributed by atoms with van der Waals surface area (Å²) in [4.78, 5) is 14.3. The van der Waals surface area contributed by atoms with Gasteiger partial charge >= 0.3 is 0 Å². The molecule has 1 aliphatic carbocycles. The van der Waals surface area contributed by atoms with E-state index in [2.05, 4.69) is 0 Å². The molecule has 0 saturated heterocycles. The van der Waals surface area contributed by atoms with Crippen LogP contribution in [0.2, 0.25) is 0 Å². The number of amides is 1. The molecule has 0 N–H and O–H groups in total. The maximum Gasteiger partial charge on any atom is 0.243 e. The Balaban J connectivity index is 2.03. The van der Waals surface area contributed by atoms with E-state index in [1.165, 1.54) is 13.5 Å². The average Bonchev–Trinajstić information content (AvgIpc) is 2.55. The van der Waals surface area contributed by atoms with Crippen LogP contribution in [0.5, 0.6) is 0 Å². The Bertz CT molecular complexity index is 634. The van der Waals surface area contributed by atoms with E-state index in [0.29, 0.717) is 0 Å². The molecule has 2 rings (SSSR count). The van der Waals surface area contributed by atoms with Crippen molar-refractivity contribution in [1.29, 1.82) is 0 Å². The Morgan fingerprint density at radius 1 is 1.09 bits per heavy atom. The molecule has 0 aliphatic heterocycles. The van der Waals surface area contributed by atoms with Gasteiger partial charge in [-0.25, -0.2) is 8.42 Å². The molecule has 0 aromatic heterocycles. The average molecular weight is 338 g/mol. The predicted molar refractivity (Wildman–Crippen MR) is 90.6 cm³/mol. The van der Waals surface area contributed by atoms with Gasteiger partial charge in [-0.2, -0.15) is 4.31 Å². The first-order valence-corrected chi connectivity index (χ1v) is 9.55. The lowest BCUT2D eigenvalue weighted by atomic mass is 9.94. The summed E-state index contributed by atoms with van der Waals surface area (Å²) in [7, 11) is -0.387. The molecule has 1 fully saturated rings. The fraction of sp³-hybridized carbons (Fsp3) is 0.588. The van der Waals surface area contributed by atoms with E-state index in [4.69, 9.17) is 0 Å². The lowest BCUT2D eigenvalue weighted by molar-refractivity contribution is -0.132. The molecule has 0 radical (unpaired) electrons. The van der Waals surface area contributed by atoms with Gasteiger partial charge < -0.3 is 4.90 Å². The van der Waals surface area contributed by atoms with Crippen molar-refractivity contribution in [3.8, 4) is 0 Å². The van der Waals surface area contributed by atoms with Crippen molar-refractivity contribution in [2.45, 2.75) is 50.0 Å². The highest BCUT2D eigenvalue weighted by Crippen LogP contribution is 2.22. The monoisotopic (exact) mass is 338 g/mol. The largest absolute Gasteiger partial charge is 0.342 e. The van der Waals surface area contributed by atoms with Gasteiger partial charge in [0.25, 0.3) is 0 Å². The van der Waals surface area contributed by atoms with Crippen LogP contribution in [0.1, 0.15) is 37.7 Å². The van der Waals surface area contributed by atoms with Crippen molar-refractivity contribution < 1.29 is 13.2 Å². The third-order valence-electron chi connectivity index (χ3n) is 4.60. The zero-order valence-corrected chi connectivity index (χ0v) is 15.0. The van der Waals surface area contributed by atoms with Crippen LogP contribution in [0.25, 0.3) is 0 Å². The molecule has 1 aromatic carbocycles. The predicted octanol–water partition coefficient (Wildman–Crippen LogP) is 2.41. The van der Waals surface area contributed by atoms with Gasteiger partial charge in [-0.3, -0.25) is 4.79 Å². The highest BCUT2D eigenvalue weighted by Gasteiger charge is 2.27. The molecule has 23 heavy (non-hydrogen) atoms. The molecule has 1 aromatic rings. The number of carbonyl (C=O) groups is 1. The van der Waals surface area contributed by atoms with Crippen molar-refractivity contribution in [1.82, 2.24) is 9.21 Å². The zero-order chi connectivity index (χ0) is 17.0. The molecule has 5 nitrogen and oxygen atoms in total. The van der Waals surface area contributed by atoms with Gasteiger partial charge in [-0.15, -0.1) is 0 Å². The number of hydrogen-bond acceptors (Lipinski definition) is 3. The molecule has 0 unspecified atom stereocenters. The Morgan fingerprint density at radius 2 is 1.65 bits per heavy atom. The molecule has 0 bridgehead atoms. The SMILES string of the molecule is Cc1ccc(S(=O)(=O)N(C)CC(=O)N(C)C2CCCCC2)cc1. The van der Waals surface area contributed by atoms with Crippen LogP contribution in [0.3, 0.4) is 0 Å². The minimum Gasteiger partial charge on any atom is -0.342 e. The van der Waals surface area contributed by atoms with Gasteiger partial charge in [-0.05, 0) is 31.9 Å². The van der Waals surface area contributed by atoms with Crippen LogP contribution in [0.15, 0.2) is 29.2 Å². The van der Waals surface area contributed by atoms with E-state index in [0.717, 1.165) is 35.6 Å². The summed E-state index contributed by atoms with van der Waals surface area (Å²) in [6.45, 7) is 1.78. The highest BCUT2D eigenvalue weighted by molar-refractivity contribution is 7.89. The highest BCUT2D eigenvalue weighted by atomic mass is 32.2. The third-order valence-corrected chi connectivity index (χ3v) is 6.42. The van der Waals surface area contributed by atoms with E-state index in [9.17, 15) is 13.2 Å². The minimum atomic E-state index is -3.63. The Hall–Kier alpha value is -1.40. The Kier molecular flexibility index (Phi) is 5.81. The number of sulfonamides is 1. The van der Waals surface area contributed by atoms with Gasteiger partial charge in [-0.1, -0.05) is 37.0 Å². The maximum atomic E-state index is 12.5. The van der Waals surface area contributed by atoms with Crippen molar-refractivity contribution >= 4 is 15.9 Å². The second kappa shape index (κ2) is 7.45. The first-order chi connectivity index (χ1) is 10.8. The Labute approximate surface area is 139 Å². The first kappa shape index (κ1) is 17.9. The summed E-state index contributed by atoms with van der Waals surface area (Å²) in [5.41, 5.74) is 1.000. The minimum absolute atomic E-state index is 0.122. The summed E-state index contributed by atoms with van der Waals surface area (Å²) >= 11 is 0. The van der Waals surface area contributed by atoms with E-state index in [1.54, 1.807) is 36.2 Å². The van der Waals surface area contributed by atoms with E-state index >= 15 is 0 Å². The topological polar surface area (TPSA) is 57.7 Å². The van der Waals surface area contributed by atoms with E-state index in [1.807, 2.05) is 6.92 Å². The zero-order valence-electron chi connectivity index (χ0n) is 14.2. The van der Waals surface area contributed by atoms with Crippen LogP contribution in [-0.4, -0.2) is 50.2 Å². The summed E-state index contributed by atoms with van der Waals surface area (Å²) in [5.74, 6) is -0.143. The number of hydrogen-bond donors (Lipinski definition) is 0. The molecule has 0 heterocycles. The number of rotatable bonds is 5. The summed E-state index contributed by atoms with van der Waals surface area (Å²) < 4.78 is 26.2. The van der Waals surface area contributed by atoms with Crippen molar-refractivity contribution in [2.24, 2.45) is 0 Å². The van der Waals surface area contributed by atoms with Crippen LogP contribution in [-0.2, 0) is 14.8 Å². The third kappa shape index (κ3) is 4.32. The van der Waals surface area contributed by atoms with E-state index < -0.39 is 10.0 Å². The number of carbonyl (C=O) groups excluding carboxylic acids is 1. The molecular weight excluding hydrogens is 312 g/mol. The quantitative estimate of drug-likeness (QED) is 0.828. The van der Waals surface area contributed by atoms with Gasteiger partial charge in [0.1, 0.15) is 0 Å². The number of likely N-dealkylation sites (N-methyl/N-ethyl adjacent to an activating group) is 2. The number of aryl methyl sites for hydroxylation is 1. The van der Waals surface area contributed by atoms with Crippen LogP contribution in [0.4, 0.5) is 0 Å². The van der Waals surface area contributed by atoms with Crippen LogP contribution < -0.4 is 0 Å². The molecule has 1 aliphatic rings. The lowest BCUT2D eigenvalue weighted by Crippen LogP contribution is -2.44. The molecule has 1 saturated carbocycles. The number of nitrogens with zero attached hydrogens (tertiary/aromatic N) is 2. The summed E-state index contributed by atoms with van der Waals surface area (Å²) in [6, 6.07) is 6.92. The van der Waals surface area contributed by atoms with Gasteiger partial charge in [0.15, 0.2) is 0 Å². The van der Waals surface area contributed by atoms with Crippen molar-refractivity contribution in [3.05, 3.63) is 29.8 Å². The van der Waals surface area contributed by atoms with Crippen molar-refractivity contribution in [3.63, 3.8) is 0 Å². The molecule has 6 heteroatoms. The summed E-state index contributed by atoms with van der Waals surface area (Å²) in [6.07, 6.45) is 5.52. The normalized spacial score (nSPS) is 16.5. The van der Waals surface area contributed by atoms with Crippen LogP contribution >= 0.6 is 0 Å². The molecule has 128 valence electrons. The molecule has 0 atom stereocenters. The molecular formula is C17H26N2O3S. The van der Waals surface area contributed by atoms with Gasteiger partial charge in [0.2, 0.25) is 15.9 Å². The van der Waals surface area contributed by atoms with E-state index in [-0.39, 0.29) is 23.4 Å². The van der Waals surface area contributed by atoms with Crippen LogP contribution in [0, 0.1) is 6.92 Å². The Morgan fingerprint density at radius 3 is 2.22 bits per heavy atom. The smallest absolute Gasteiger partial charge is 0.243 e. The molecule has 1 amide bonds. The van der Waals surface area contributed by atoms with Gasteiger partial charge in [0.05, 0.1) is 11.4 Å². The standard InChI is InChI=1S/C17H26N2O3S/c1-14-9-11-16(12-10-14)23(21,22)18(2)13-17(20)19(3)15-7-5-4-6-8-15/h9-12,15H,4-8,13H2,1-3H3.